The molecule has 126 valence electrons. The van der Waals surface area contributed by atoms with Gasteiger partial charge in [0.05, 0.1) is 5.02 Å². The molecule has 3 rings (SSSR count). The van der Waals surface area contributed by atoms with Crippen LogP contribution in [-0.2, 0) is 0 Å². The third-order valence-electron chi connectivity index (χ3n) is 3.36. The highest BCUT2D eigenvalue weighted by molar-refractivity contribution is 7.27. The molecule has 25 heavy (non-hydrogen) atoms. The van der Waals surface area contributed by atoms with E-state index in [2.05, 4.69) is 0 Å². The molecule has 3 aromatic carbocycles. The molecular formula is C20H15ClFO2P. The largest absolute Gasteiger partial charge is 0.441 e. The first kappa shape index (κ1) is 17.5. The summed E-state index contributed by atoms with van der Waals surface area (Å²) < 4.78 is 24.1. The Morgan fingerprint density at radius 3 is 2.16 bits per heavy atom. The lowest BCUT2D eigenvalue weighted by Gasteiger charge is -2.07. The van der Waals surface area contributed by atoms with Crippen LogP contribution >= 0.6 is 20.6 Å². The van der Waals surface area contributed by atoms with Crippen molar-refractivity contribution in [3.05, 3.63) is 94.8 Å². The normalized spacial score (nSPS) is 11.3. The van der Waals surface area contributed by atoms with Crippen LogP contribution in [0.15, 0.2) is 72.8 Å². The summed E-state index contributed by atoms with van der Waals surface area (Å²) in [5, 5.41) is 0.385. The summed E-state index contributed by atoms with van der Waals surface area (Å²) in [5.41, 5.74) is 1.75. The second-order valence-corrected chi connectivity index (χ2v) is 6.15. The summed E-state index contributed by atoms with van der Waals surface area (Å²) in [6.45, 7) is 0. The van der Waals surface area contributed by atoms with Crippen molar-refractivity contribution in [3.63, 3.8) is 0 Å². The SMILES string of the molecule is Fc1ccc(/C=C/c2ccc(OPOc3ccccc3)cc2)c(Cl)c1. The van der Waals surface area contributed by atoms with Gasteiger partial charge in [0.15, 0.2) is 0 Å². The van der Waals surface area contributed by atoms with Crippen LogP contribution in [0.25, 0.3) is 12.2 Å². The minimum absolute atomic E-state index is 0.112. The highest BCUT2D eigenvalue weighted by Gasteiger charge is 1.99. The molecule has 0 aliphatic heterocycles. The lowest BCUT2D eigenvalue weighted by Crippen LogP contribution is -1.85. The van der Waals surface area contributed by atoms with Crippen LogP contribution in [0, 0.1) is 5.82 Å². The minimum Gasteiger partial charge on any atom is -0.441 e. The summed E-state index contributed by atoms with van der Waals surface area (Å²) in [7, 11) is -0.112. The zero-order chi connectivity index (χ0) is 17.5. The Hall–Kier alpha value is -2.35. The van der Waals surface area contributed by atoms with Gasteiger partial charge in [-0.1, -0.05) is 60.2 Å². The molecule has 0 saturated heterocycles. The van der Waals surface area contributed by atoms with Gasteiger partial charge < -0.3 is 9.05 Å². The van der Waals surface area contributed by atoms with Crippen molar-refractivity contribution < 1.29 is 13.4 Å². The van der Waals surface area contributed by atoms with Crippen LogP contribution < -0.4 is 9.05 Å². The number of para-hydroxylation sites is 1. The summed E-state index contributed by atoms with van der Waals surface area (Å²) >= 11 is 6.00. The Kier molecular flexibility index (Phi) is 6.05. The second kappa shape index (κ2) is 8.66. The molecule has 0 fully saturated rings. The Morgan fingerprint density at radius 1 is 0.800 bits per heavy atom. The van der Waals surface area contributed by atoms with Crippen LogP contribution in [-0.4, -0.2) is 0 Å². The quantitative estimate of drug-likeness (QED) is 0.358. The number of halogens is 2. The van der Waals surface area contributed by atoms with Crippen molar-refractivity contribution in [1.29, 1.82) is 0 Å². The third kappa shape index (κ3) is 5.32. The maximum atomic E-state index is 13.0. The van der Waals surface area contributed by atoms with E-state index in [1.165, 1.54) is 12.1 Å². The van der Waals surface area contributed by atoms with E-state index >= 15 is 0 Å². The van der Waals surface area contributed by atoms with Gasteiger partial charge >= 0.3 is 0 Å². The van der Waals surface area contributed by atoms with Crippen LogP contribution in [0.2, 0.25) is 5.02 Å². The molecule has 0 radical (unpaired) electrons. The topological polar surface area (TPSA) is 18.5 Å². The molecular weight excluding hydrogens is 358 g/mol. The lowest BCUT2D eigenvalue weighted by molar-refractivity contribution is 0.516. The summed E-state index contributed by atoms with van der Waals surface area (Å²) in [5.74, 6) is 1.16. The average molecular weight is 373 g/mol. The van der Waals surface area contributed by atoms with Crippen molar-refractivity contribution in [1.82, 2.24) is 0 Å². The third-order valence-corrected chi connectivity index (χ3v) is 4.33. The van der Waals surface area contributed by atoms with E-state index < -0.39 is 0 Å². The molecule has 1 atom stereocenters. The lowest BCUT2D eigenvalue weighted by atomic mass is 10.1. The first-order chi connectivity index (χ1) is 12.2. The first-order valence-corrected chi connectivity index (χ1v) is 8.77. The monoisotopic (exact) mass is 372 g/mol. The van der Waals surface area contributed by atoms with Crippen molar-refractivity contribution in [2.45, 2.75) is 0 Å². The molecule has 0 aromatic heterocycles. The molecule has 0 saturated carbocycles. The molecule has 5 heteroatoms. The van der Waals surface area contributed by atoms with Crippen molar-refractivity contribution in [3.8, 4) is 11.5 Å². The molecule has 0 amide bonds. The maximum absolute atomic E-state index is 13.0. The number of benzene rings is 3. The summed E-state index contributed by atoms with van der Waals surface area (Å²) in [4.78, 5) is 0. The summed E-state index contributed by atoms with van der Waals surface area (Å²) in [6.07, 6.45) is 3.75. The molecule has 0 N–H and O–H groups in total. The van der Waals surface area contributed by atoms with E-state index in [0.717, 1.165) is 22.6 Å². The Labute approximate surface area is 152 Å². The smallest absolute Gasteiger partial charge is 0.275 e. The Bertz CT molecular complexity index is 851. The fourth-order valence-corrected chi connectivity index (χ4v) is 2.81. The van der Waals surface area contributed by atoms with Gasteiger partial charge in [-0.05, 0) is 47.5 Å². The van der Waals surface area contributed by atoms with E-state index in [1.807, 2.05) is 66.7 Å². The van der Waals surface area contributed by atoms with Gasteiger partial charge in [-0.2, -0.15) is 0 Å². The van der Waals surface area contributed by atoms with Crippen LogP contribution in [0.1, 0.15) is 11.1 Å². The number of rotatable bonds is 6. The molecule has 0 aliphatic rings. The fourth-order valence-electron chi connectivity index (χ4n) is 2.08. The molecule has 3 aromatic rings. The zero-order valence-corrected chi connectivity index (χ0v) is 14.9. The predicted molar refractivity (Wildman–Crippen MR) is 103 cm³/mol. The molecule has 0 bridgehead atoms. The molecule has 0 aliphatic carbocycles. The van der Waals surface area contributed by atoms with Crippen LogP contribution in [0.3, 0.4) is 0 Å². The molecule has 2 nitrogen and oxygen atoms in total. The van der Waals surface area contributed by atoms with Crippen molar-refractivity contribution in [2.24, 2.45) is 0 Å². The van der Waals surface area contributed by atoms with Crippen molar-refractivity contribution >= 4 is 32.8 Å². The van der Waals surface area contributed by atoms with Gasteiger partial charge in [0.2, 0.25) is 0 Å². The van der Waals surface area contributed by atoms with Gasteiger partial charge in [-0.3, -0.25) is 0 Å². The van der Waals surface area contributed by atoms with E-state index in [-0.39, 0.29) is 14.9 Å². The van der Waals surface area contributed by atoms with E-state index in [0.29, 0.717) is 5.02 Å². The molecule has 0 heterocycles. The van der Waals surface area contributed by atoms with E-state index in [1.54, 1.807) is 6.07 Å². The minimum atomic E-state index is -0.345. The van der Waals surface area contributed by atoms with Gasteiger partial charge in [0, 0.05) is 0 Å². The van der Waals surface area contributed by atoms with Gasteiger partial charge in [-0.25, -0.2) is 4.39 Å². The summed E-state index contributed by atoms with van der Waals surface area (Å²) in [6, 6.07) is 21.4. The maximum Gasteiger partial charge on any atom is 0.275 e. The second-order valence-electron chi connectivity index (χ2n) is 5.17. The fraction of sp³-hybridized carbons (Fsp3) is 0. The van der Waals surface area contributed by atoms with Gasteiger partial charge in [0.25, 0.3) is 9.03 Å². The Balaban J connectivity index is 1.55. The Morgan fingerprint density at radius 2 is 1.48 bits per heavy atom. The van der Waals surface area contributed by atoms with Gasteiger partial charge in [-0.15, -0.1) is 0 Å². The zero-order valence-electron chi connectivity index (χ0n) is 13.2. The molecule has 0 spiro atoms. The number of hydrogen-bond acceptors (Lipinski definition) is 2. The highest BCUT2D eigenvalue weighted by atomic mass is 35.5. The van der Waals surface area contributed by atoms with Crippen LogP contribution in [0.5, 0.6) is 11.5 Å². The molecule has 1 unspecified atom stereocenters. The predicted octanol–water partition coefficient (Wildman–Crippen LogP) is 6.62. The first-order valence-electron chi connectivity index (χ1n) is 7.58. The highest BCUT2D eigenvalue weighted by Crippen LogP contribution is 2.25. The van der Waals surface area contributed by atoms with Crippen molar-refractivity contribution in [2.75, 3.05) is 0 Å². The van der Waals surface area contributed by atoms with E-state index in [4.69, 9.17) is 20.6 Å². The van der Waals surface area contributed by atoms with E-state index in [9.17, 15) is 4.39 Å². The van der Waals surface area contributed by atoms with Crippen LogP contribution in [0.4, 0.5) is 4.39 Å². The van der Waals surface area contributed by atoms with Gasteiger partial charge in [0.1, 0.15) is 17.3 Å². The standard InChI is InChI=1S/C20H15ClFO2P/c21-20-14-17(22)11-10-16(20)9-6-15-7-12-19(13-8-15)24-25-23-18-4-2-1-3-5-18/h1-14,25H/b9-6+. The number of hydrogen-bond donors (Lipinski definition) is 0. The average Bonchev–Trinajstić information content (AvgIpc) is 2.63.